The van der Waals surface area contributed by atoms with Crippen molar-refractivity contribution in [3.05, 3.63) is 29.6 Å². The van der Waals surface area contributed by atoms with Crippen molar-refractivity contribution in [2.45, 2.75) is 64.5 Å². The lowest BCUT2D eigenvalue weighted by Gasteiger charge is -2.22. The predicted molar refractivity (Wildman–Crippen MR) is 85.8 cm³/mol. The molecule has 5 nitrogen and oxygen atoms in total. The molecule has 1 saturated carbocycles. The Morgan fingerprint density at radius 1 is 1.05 bits per heavy atom. The lowest BCUT2D eigenvalue weighted by molar-refractivity contribution is 0.0913. The summed E-state index contributed by atoms with van der Waals surface area (Å²) >= 11 is 0. The van der Waals surface area contributed by atoms with Crippen molar-refractivity contribution in [3.8, 4) is 0 Å². The summed E-state index contributed by atoms with van der Waals surface area (Å²) < 4.78 is 0. The van der Waals surface area contributed by atoms with Gasteiger partial charge in [0, 0.05) is 11.6 Å². The van der Waals surface area contributed by atoms with Gasteiger partial charge in [-0.25, -0.2) is 4.98 Å². The largest absolute Gasteiger partial charge is 0.348 e. The highest BCUT2D eigenvalue weighted by Gasteiger charge is 2.20. The van der Waals surface area contributed by atoms with Gasteiger partial charge in [0.05, 0.1) is 0 Å². The topological polar surface area (TPSA) is 71.1 Å². The van der Waals surface area contributed by atoms with Crippen LogP contribution < -0.4 is 10.6 Å². The number of hydrogen-bond donors (Lipinski definition) is 2. The van der Waals surface area contributed by atoms with E-state index in [1.807, 2.05) is 20.8 Å². The Morgan fingerprint density at radius 2 is 1.64 bits per heavy atom. The first-order chi connectivity index (χ1) is 10.3. The van der Waals surface area contributed by atoms with Gasteiger partial charge < -0.3 is 10.6 Å². The van der Waals surface area contributed by atoms with Crippen LogP contribution in [0.5, 0.6) is 0 Å². The summed E-state index contributed by atoms with van der Waals surface area (Å²) in [6, 6.07) is 5.19. The second kappa shape index (κ2) is 6.90. The van der Waals surface area contributed by atoms with Crippen LogP contribution in [-0.4, -0.2) is 28.4 Å². The molecule has 0 aliphatic heterocycles. The molecule has 120 valence electrons. The van der Waals surface area contributed by atoms with Crippen molar-refractivity contribution >= 4 is 11.8 Å². The molecule has 0 spiro atoms. The Labute approximate surface area is 131 Å². The van der Waals surface area contributed by atoms with Crippen molar-refractivity contribution < 1.29 is 9.59 Å². The number of pyridine rings is 1. The lowest BCUT2D eigenvalue weighted by atomic mass is 9.95. The fraction of sp³-hybridized carbons (Fsp3) is 0.588. The minimum atomic E-state index is -0.334. The number of rotatable bonds is 3. The third kappa shape index (κ3) is 4.83. The van der Waals surface area contributed by atoms with Crippen LogP contribution in [0.1, 0.15) is 73.9 Å². The minimum Gasteiger partial charge on any atom is -0.348 e. The van der Waals surface area contributed by atoms with E-state index in [2.05, 4.69) is 15.6 Å². The van der Waals surface area contributed by atoms with Gasteiger partial charge in [0.2, 0.25) is 0 Å². The molecule has 2 rings (SSSR count). The number of hydrogen-bond acceptors (Lipinski definition) is 3. The molecule has 2 amide bonds. The maximum Gasteiger partial charge on any atom is 0.270 e. The molecule has 2 N–H and O–H groups in total. The minimum absolute atomic E-state index is 0.197. The zero-order valence-electron chi connectivity index (χ0n) is 13.6. The highest BCUT2D eigenvalue weighted by Crippen LogP contribution is 2.17. The van der Waals surface area contributed by atoms with Crippen LogP contribution in [0.3, 0.4) is 0 Å². The van der Waals surface area contributed by atoms with Crippen molar-refractivity contribution in [3.63, 3.8) is 0 Å². The average molecular weight is 303 g/mol. The summed E-state index contributed by atoms with van der Waals surface area (Å²) in [4.78, 5) is 28.6. The van der Waals surface area contributed by atoms with Gasteiger partial charge in [-0.3, -0.25) is 9.59 Å². The van der Waals surface area contributed by atoms with Crippen LogP contribution in [0.2, 0.25) is 0 Å². The molecule has 1 fully saturated rings. The number of carbonyl (C=O) groups is 2. The summed E-state index contributed by atoms with van der Waals surface area (Å²) in [5.41, 5.74) is 0.234. The average Bonchev–Trinajstić information content (AvgIpc) is 2.46. The zero-order chi connectivity index (χ0) is 16.2. The Morgan fingerprint density at radius 3 is 2.23 bits per heavy atom. The number of carbonyl (C=O) groups excluding carboxylic acids is 2. The fourth-order valence-electron chi connectivity index (χ4n) is 2.60. The van der Waals surface area contributed by atoms with E-state index in [0.717, 1.165) is 25.7 Å². The molecule has 1 heterocycles. The summed E-state index contributed by atoms with van der Waals surface area (Å²) in [7, 11) is 0. The molecule has 0 aromatic carbocycles. The first-order valence-electron chi connectivity index (χ1n) is 7.95. The molecule has 0 unspecified atom stereocenters. The van der Waals surface area contributed by atoms with E-state index < -0.39 is 0 Å². The van der Waals surface area contributed by atoms with Crippen LogP contribution in [0, 0.1) is 0 Å². The summed E-state index contributed by atoms with van der Waals surface area (Å²) in [6.07, 6.45) is 5.61. The van der Waals surface area contributed by atoms with Gasteiger partial charge >= 0.3 is 0 Å². The van der Waals surface area contributed by atoms with Gasteiger partial charge in [0.15, 0.2) is 0 Å². The van der Waals surface area contributed by atoms with E-state index in [0.29, 0.717) is 5.69 Å². The molecule has 0 saturated heterocycles. The normalized spacial score (nSPS) is 16.1. The van der Waals surface area contributed by atoms with Crippen LogP contribution in [0.15, 0.2) is 18.2 Å². The maximum absolute atomic E-state index is 12.3. The predicted octanol–water partition coefficient (Wildman–Crippen LogP) is 2.67. The van der Waals surface area contributed by atoms with Crippen LogP contribution in [0.25, 0.3) is 0 Å². The highest BCUT2D eigenvalue weighted by molar-refractivity contribution is 5.96. The quantitative estimate of drug-likeness (QED) is 0.902. The molecular weight excluding hydrogens is 278 g/mol. The first kappa shape index (κ1) is 16.5. The molecule has 1 aliphatic carbocycles. The van der Waals surface area contributed by atoms with Gasteiger partial charge in [0.25, 0.3) is 11.8 Å². The van der Waals surface area contributed by atoms with Gasteiger partial charge in [-0.1, -0.05) is 25.3 Å². The van der Waals surface area contributed by atoms with E-state index in [1.165, 1.54) is 6.42 Å². The zero-order valence-corrected chi connectivity index (χ0v) is 13.6. The molecule has 0 bridgehead atoms. The third-order valence-electron chi connectivity index (χ3n) is 3.64. The Kier molecular flexibility index (Phi) is 5.16. The molecule has 0 radical (unpaired) electrons. The summed E-state index contributed by atoms with van der Waals surface area (Å²) in [5.74, 6) is -0.461. The van der Waals surface area contributed by atoms with E-state index in [-0.39, 0.29) is 29.1 Å². The molecule has 1 aromatic rings. The van der Waals surface area contributed by atoms with E-state index in [9.17, 15) is 9.59 Å². The Bertz CT molecular complexity index is 543. The van der Waals surface area contributed by atoms with Gasteiger partial charge in [-0.05, 0) is 45.7 Å². The third-order valence-corrected chi connectivity index (χ3v) is 3.64. The van der Waals surface area contributed by atoms with Gasteiger partial charge in [0.1, 0.15) is 11.4 Å². The molecular formula is C17H25N3O2. The highest BCUT2D eigenvalue weighted by atomic mass is 16.2. The molecule has 22 heavy (non-hydrogen) atoms. The number of amides is 2. The Hall–Kier alpha value is -1.91. The van der Waals surface area contributed by atoms with Crippen LogP contribution in [-0.2, 0) is 0 Å². The second-order valence-electron chi connectivity index (χ2n) is 6.92. The maximum atomic E-state index is 12.3. The molecule has 1 aromatic heterocycles. The SMILES string of the molecule is CC(C)(C)NC(=O)c1cccc(C(=O)NC2CCCCC2)n1. The number of nitrogens with zero attached hydrogens (tertiary/aromatic N) is 1. The van der Waals surface area contributed by atoms with E-state index in [1.54, 1.807) is 18.2 Å². The smallest absolute Gasteiger partial charge is 0.270 e. The second-order valence-corrected chi connectivity index (χ2v) is 6.92. The summed E-state index contributed by atoms with van der Waals surface area (Å²) in [5, 5.41) is 5.87. The van der Waals surface area contributed by atoms with Crippen LogP contribution in [0.4, 0.5) is 0 Å². The van der Waals surface area contributed by atoms with Crippen LogP contribution >= 0.6 is 0 Å². The van der Waals surface area contributed by atoms with Gasteiger partial charge in [-0.15, -0.1) is 0 Å². The first-order valence-corrected chi connectivity index (χ1v) is 7.95. The lowest BCUT2D eigenvalue weighted by Crippen LogP contribution is -2.41. The molecule has 0 atom stereocenters. The number of nitrogens with one attached hydrogen (secondary N) is 2. The van der Waals surface area contributed by atoms with E-state index in [4.69, 9.17) is 0 Å². The van der Waals surface area contributed by atoms with Crippen molar-refractivity contribution in [1.82, 2.24) is 15.6 Å². The Balaban J connectivity index is 2.03. The molecule has 1 aliphatic rings. The van der Waals surface area contributed by atoms with Crippen molar-refractivity contribution in [2.24, 2.45) is 0 Å². The van der Waals surface area contributed by atoms with E-state index >= 15 is 0 Å². The standard InChI is InChI=1S/C17H25N3O2/c1-17(2,3)20-16(22)14-11-7-10-13(19-14)15(21)18-12-8-5-4-6-9-12/h7,10-12H,4-6,8-9H2,1-3H3,(H,18,21)(H,20,22). The molecule has 5 heteroatoms. The fourth-order valence-corrected chi connectivity index (χ4v) is 2.60. The van der Waals surface area contributed by atoms with Crippen molar-refractivity contribution in [2.75, 3.05) is 0 Å². The van der Waals surface area contributed by atoms with Gasteiger partial charge in [-0.2, -0.15) is 0 Å². The number of aromatic nitrogens is 1. The van der Waals surface area contributed by atoms with Crippen molar-refractivity contribution in [1.29, 1.82) is 0 Å². The monoisotopic (exact) mass is 303 g/mol. The summed E-state index contributed by atoms with van der Waals surface area (Å²) in [6.45, 7) is 5.72.